The van der Waals surface area contributed by atoms with E-state index in [4.69, 9.17) is 16.9 Å². The van der Waals surface area contributed by atoms with E-state index in [9.17, 15) is 0 Å². The van der Waals surface area contributed by atoms with Gasteiger partial charge in [-0.25, -0.2) is 15.0 Å². The Morgan fingerprint density at radius 2 is 2.17 bits per heavy atom. The molecule has 2 aromatic heterocycles. The molecule has 18 heavy (non-hydrogen) atoms. The van der Waals surface area contributed by atoms with Crippen LogP contribution in [0.4, 0.5) is 11.5 Å². The van der Waals surface area contributed by atoms with E-state index in [1.54, 1.807) is 18.0 Å². The highest BCUT2D eigenvalue weighted by Crippen LogP contribution is 2.22. The van der Waals surface area contributed by atoms with Gasteiger partial charge in [-0.2, -0.15) is 5.26 Å². The molecule has 0 fully saturated rings. The summed E-state index contributed by atoms with van der Waals surface area (Å²) in [5.74, 6) is 0.371. The van der Waals surface area contributed by atoms with Crippen LogP contribution in [-0.4, -0.2) is 21.2 Å². The van der Waals surface area contributed by atoms with Gasteiger partial charge in [0.2, 0.25) is 0 Å². The zero-order valence-corrected chi connectivity index (χ0v) is 11.0. The molecule has 2 rings (SSSR count). The van der Waals surface area contributed by atoms with Gasteiger partial charge in [0.15, 0.2) is 11.0 Å². The molecule has 0 saturated carbocycles. The molecule has 0 saturated heterocycles. The summed E-state index contributed by atoms with van der Waals surface area (Å²) in [6.07, 6.45) is 4.92. The van der Waals surface area contributed by atoms with Gasteiger partial charge in [-0.1, -0.05) is 11.6 Å². The van der Waals surface area contributed by atoms with E-state index < -0.39 is 0 Å². The van der Waals surface area contributed by atoms with Gasteiger partial charge >= 0.3 is 0 Å². The van der Waals surface area contributed by atoms with Gasteiger partial charge in [0, 0.05) is 0 Å². The highest BCUT2D eigenvalue weighted by Gasteiger charge is 2.09. The lowest BCUT2D eigenvalue weighted by atomic mass is 10.3. The first-order chi connectivity index (χ1) is 8.74. The van der Waals surface area contributed by atoms with E-state index in [0.717, 1.165) is 10.7 Å². The van der Waals surface area contributed by atoms with Crippen LogP contribution in [0.1, 0.15) is 5.56 Å². The summed E-state index contributed by atoms with van der Waals surface area (Å²) in [5, 5.41) is 13.0. The Balaban J connectivity index is 2.28. The van der Waals surface area contributed by atoms with Crippen molar-refractivity contribution < 1.29 is 0 Å². The average molecular weight is 278 g/mol. The van der Waals surface area contributed by atoms with Gasteiger partial charge in [0.05, 0.1) is 16.9 Å². The number of hydrogen-bond acceptors (Lipinski definition) is 6. The molecule has 0 aromatic carbocycles. The van der Waals surface area contributed by atoms with Crippen LogP contribution in [0.3, 0.4) is 0 Å². The molecule has 0 amide bonds. The molecule has 2 aromatic rings. The number of anilines is 2. The Kier molecular flexibility index (Phi) is 3.97. The average Bonchev–Trinajstić information content (AvgIpc) is 2.40. The molecule has 0 aliphatic heterocycles. The number of aromatic nitrogens is 3. The first-order valence-corrected chi connectivity index (χ1v) is 6.52. The first-order valence-electron chi connectivity index (χ1n) is 4.92. The third-order valence-electron chi connectivity index (χ3n) is 2.12. The topological polar surface area (TPSA) is 74.5 Å². The molecule has 0 spiro atoms. The zero-order valence-electron chi connectivity index (χ0n) is 9.38. The number of halogens is 1. The van der Waals surface area contributed by atoms with Gasteiger partial charge in [0.1, 0.15) is 18.0 Å². The second kappa shape index (κ2) is 5.67. The molecule has 1 N–H and O–H groups in total. The largest absolute Gasteiger partial charge is 0.338 e. The molecule has 2 heterocycles. The maximum Gasteiger partial charge on any atom is 0.153 e. The number of nitriles is 1. The number of thioether (sulfide) groups is 1. The van der Waals surface area contributed by atoms with Crippen molar-refractivity contribution in [1.82, 2.24) is 15.0 Å². The number of rotatable bonds is 3. The molecule has 90 valence electrons. The molecule has 0 unspecified atom stereocenters. The van der Waals surface area contributed by atoms with Crippen molar-refractivity contribution in [2.75, 3.05) is 11.6 Å². The van der Waals surface area contributed by atoms with Crippen LogP contribution in [0, 0.1) is 11.3 Å². The summed E-state index contributed by atoms with van der Waals surface area (Å²) in [6.45, 7) is 0. The van der Waals surface area contributed by atoms with Crippen LogP contribution < -0.4 is 5.32 Å². The van der Waals surface area contributed by atoms with Crippen LogP contribution in [0.2, 0.25) is 5.15 Å². The van der Waals surface area contributed by atoms with Gasteiger partial charge in [-0.05, 0) is 18.4 Å². The lowest BCUT2D eigenvalue weighted by Crippen LogP contribution is -1.99. The normalized spacial score (nSPS) is 9.83. The third kappa shape index (κ3) is 2.70. The van der Waals surface area contributed by atoms with Crippen molar-refractivity contribution in [2.24, 2.45) is 0 Å². The minimum atomic E-state index is 0.128. The van der Waals surface area contributed by atoms with Crippen LogP contribution in [0.15, 0.2) is 29.7 Å². The summed E-state index contributed by atoms with van der Waals surface area (Å²) in [6, 6.07) is 5.70. The van der Waals surface area contributed by atoms with Crippen LogP contribution in [0.5, 0.6) is 0 Å². The Morgan fingerprint density at radius 1 is 1.33 bits per heavy atom. The second-order valence-corrected chi connectivity index (χ2v) is 4.40. The summed E-state index contributed by atoms with van der Waals surface area (Å²) < 4.78 is 0. The Bertz CT molecular complexity index is 593. The predicted molar refractivity (Wildman–Crippen MR) is 71.1 cm³/mol. The minimum Gasteiger partial charge on any atom is -0.338 e. The molecule has 7 heteroatoms. The monoisotopic (exact) mass is 277 g/mol. The fraction of sp³-hybridized carbons (Fsp3) is 0.0909. The number of pyridine rings is 1. The highest BCUT2D eigenvalue weighted by atomic mass is 35.5. The lowest BCUT2D eigenvalue weighted by Gasteiger charge is -2.07. The maximum atomic E-state index is 8.99. The van der Waals surface area contributed by atoms with E-state index >= 15 is 0 Å². The SMILES string of the molecule is CSc1ccc(Nc2ncnc(Cl)c2C#N)cn1. The molecular formula is C11H8ClN5S. The van der Waals surface area contributed by atoms with Gasteiger partial charge in [-0.3, -0.25) is 0 Å². The van der Waals surface area contributed by atoms with E-state index in [1.165, 1.54) is 6.33 Å². The van der Waals surface area contributed by atoms with Crippen molar-refractivity contribution in [3.05, 3.63) is 35.4 Å². The van der Waals surface area contributed by atoms with Crippen LogP contribution in [0.25, 0.3) is 0 Å². The van der Waals surface area contributed by atoms with Crippen molar-refractivity contribution in [3.8, 4) is 6.07 Å². The number of hydrogen-bond donors (Lipinski definition) is 1. The summed E-state index contributed by atoms with van der Waals surface area (Å²) in [7, 11) is 0. The fourth-order valence-corrected chi connectivity index (χ4v) is 1.81. The molecule has 5 nitrogen and oxygen atoms in total. The highest BCUT2D eigenvalue weighted by molar-refractivity contribution is 7.98. The van der Waals surface area contributed by atoms with E-state index in [1.807, 2.05) is 24.5 Å². The molecule has 0 aliphatic rings. The molecule has 0 bridgehead atoms. The molecule has 0 radical (unpaired) electrons. The Morgan fingerprint density at radius 3 is 2.78 bits per heavy atom. The maximum absolute atomic E-state index is 8.99. The van der Waals surface area contributed by atoms with Crippen LogP contribution in [-0.2, 0) is 0 Å². The Labute approximate surface area is 113 Å². The van der Waals surface area contributed by atoms with Crippen molar-refractivity contribution in [1.29, 1.82) is 5.26 Å². The van der Waals surface area contributed by atoms with E-state index in [2.05, 4.69) is 20.3 Å². The fourth-order valence-electron chi connectivity index (χ4n) is 1.27. The quantitative estimate of drug-likeness (QED) is 0.687. The van der Waals surface area contributed by atoms with Crippen molar-refractivity contribution in [3.63, 3.8) is 0 Å². The van der Waals surface area contributed by atoms with Gasteiger partial charge in [-0.15, -0.1) is 11.8 Å². The first kappa shape index (κ1) is 12.6. The van der Waals surface area contributed by atoms with E-state index in [0.29, 0.717) is 5.82 Å². The smallest absolute Gasteiger partial charge is 0.153 e. The standard InChI is InChI=1S/C11H8ClN5S/c1-18-9-3-2-7(5-14-9)17-11-8(4-13)10(12)15-6-16-11/h2-3,5-6H,1H3,(H,15,16,17). The van der Waals surface area contributed by atoms with E-state index in [-0.39, 0.29) is 10.7 Å². The number of nitrogens with zero attached hydrogens (tertiary/aromatic N) is 4. The summed E-state index contributed by atoms with van der Waals surface area (Å²) >= 11 is 7.37. The third-order valence-corrected chi connectivity index (χ3v) is 3.07. The predicted octanol–water partition coefficient (Wildman–Crippen LogP) is 2.86. The van der Waals surface area contributed by atoms with Gasteiger partial charge < -0.3 is 5.32 Å². The molecule has 0 aliphatic carbocycles. The van der Waals surface area contributed by atoms with Crippen LogP contribution >= 0.6 is 23.4 Å². The minimum absolute atomic E-state index is 0.128. The second-order valence-electron chi connectivity index (χ2n) is 3.21. The zero-order chi connectivity index (χ0) is 13.0. The molecular weight excluding hydrogens is 270 g/mol. The van der Waals surface area contributed by atoms with Crippen molar-refractivity contribution >= 4 is 34.9 Å². The van der Waals surface area contributed by atoms with Gasteiger partial charge in [0.25, 0.3) is 0 Å². The Hall–Kier alpha value is -1.84. The summed E-state index contributed by atoms with van der Waals surface area (Å²) in [4.78, 5) is 12.0. The summed E-state index contributed by atoms with van der Waals surface area (Å²) in [5.41, 5.74) is 0.951. The lowest BCUT2D eigenvalue weighted by molar-refractivity contribution is 1.12. The van der Waals surface area contributed by atoms with Crippen molar-refractivity contribution in [2.45, 2.75) is 5.03 Å². The number of nitrogens with one attached hydrogen (secondary N) is 1. The molecule has 0 atom stereocenters.